The molecule has 0 aromatic heterocycles. The van der Waals surface area contributed by atoms with Crippen LogP contribution in [0.5, 0.6) is 0 Å². The minimum atomic E-state index is -0.187. The summed E-state index contributed by atoms with van der Waals surface area (Å²) >= 11 is 0. The van der Waals surface area contributed by atoms with Crippen LogP contribution in [-0.4, -0.2) is 29.9 Å². The molecule has 4 nitrogen and oxygen atoms in total. The molecule has 50 valence electrons. The molecule has 2 N–H and O–H groups in total. The highest BCUT2D eigenvalue weighted by Crippen LogP contribution is 2.02. The topological polar surface area (TPSA) is 56.2 Å². The molecule has 1 aliphatic rings. The standard InChI is InChI=1S/C5H9N3O/c1-3-4(6)7-5(9)8(3)2/h3H,1-2H3,(H2,6,7,9). The van der Waals surface area contributed by atoms with Gasteiger partial charge in [0.25, 0.3) is 0 Å². The predicted molar refractivity (Wildman–Crippen MR) is 33.5 cm³/mol. The first kappa shape index (κ1) is 6.07. The van der Waals surface area contributed by atoms with Crippen LogP contribution in [0, 0.1) is 5.41 Å². The molecule has 1 atom stereocenters. The number of amides is 2. The van der Waals surface area contributed by atoms with E-state index in [1.54, 1.807) is 14.0 Å². The molecule has 0 spiro atoms. The van der Waals surface area contributed by atoms with Crippen molar-refractivity contribution in [1.29, 1.82) is 5.41 Å². The van der Waals surface area contributed by atoms with E-state index in [0.29, 0.717) is 0 Å². The van der Waals surface area contributed by atoms with Gasteiger partial charge in [0, 0.05) is 7.05 Å². The van der Waals surface area contributed by atoms with Crippen molar-refractivity contribution in [3.63, 3.8) is 0 Å². The van der Waals surface area contributed by atoms with E-state index in [4.69, 9.17) is 5.41 Å². The fourth-order valence-electron chi connectivity index (χ4n) is 0.677. The van der Waals surface area contributed by atoms with Gasteiger partial charge in [0.1, 0.15) is 5.84 Å². The van der Waals surface area contributed by atoms with Crippen molar-refractivity contribution in [2.24, 2.45) is 0 Å². The van der Waals surface area contributed by atoms with Crippen molar-refractivity contribution in [2.45, 2.75) is 13.0 Å². The van der Waals surface area contributed by atoms with Crippen LogP contribution in [0.2, 0.25) is 0 Å². The fourth-order valence-corrected chi connectivity index (χ4v) is 0.677. The molecule has 1 unspecified atom stereocenters. The summed E-state index contributed by atoms with van der Waals surface area (Å²) in [6.07, 6.45) is 0. The van der Waals surface area contributed by atoms with Crippen molar-refractivity contribution >= 4 is 11.9 Å². The normalized spacial score (nSPS) is 26.9. The zero-order valence-electron chi connectivity index (χ0n) is 5.43. The first-order valence-electron chi connectivity index (χ1n) is 2.75. The van der Waals surface area contributed by atoms with Gasteiger partial charge in [-0.2, -0.15) is 0 Å². The van der Waals surface area contributed by atoms with E-state index < -0.39 is 0 Å². The molecule has 9 heavy (non-hydrogen) atoms. The number of nitrogens with one attached hydrogen (secondary N) is 2. The van der Waals surface area contributed by atoms with Gasteiger partial charge < -0.3 is 4.90 Å². The predicted octanol–water partition coefficient (Wildman–Crippen LogP) is 0.00717. The number of hydrogen-bond donors (Lipinski definition) is 2. The van der Waals surface area contributed by atoms with Gasteiger partial charge in [0.05, 0.1) is 6.04 Å². The fraction of sp³-hybridized carbons (Fsp3) is 0.600. The highest BCUT2D eigenvalue weighted by Gasteiger charge is 2.27. The molecule has 2 amide bonds. The van der Waals surface area contributed by atoms with Crippen molar-refractivity contribution in [1.82, 2.24) is 10.2 Å². The average Bonchev–Trinajstić information content (AvgIpc) is 1.98. The first-order chi connectivity index (χ1) is 4.13. The zero-order valence-corrected chi connectivity index (χ0v) is 5.43. The van der Waals surface area contributed by atoms with Crippen molar-refractivity contribution < 1.29 is 4.79 Å². The lowest BCUT2D eigenvalue weighted by atomic mass is 10.3. The van der Waals surface area contributed by atoms with Gasteiger partial charge in [-0.25, -0.2) is 4.79 Å². The lowest BCUT2D eigenvalue weighted by Crippen LogP contribution is -2.27. The molecular formula is C5H9N3O. The van der Waals surface area contributed by atoms with E-state index in [1.807, 2.05) is 0 Å². The Morgan fingerprint density at radius 1 is 1.78 bits per heavy atom. The maximum Gasteiger partial charge on any atom is 0.323 e. The highest BCUT2D eigenvalue weighted by molar-refractivity contribution is 6.05. The summed E-state index contributed by atoms with van der Waals surface area (Å²) in [5.41, 5.74) is 0. The Morgan fingerprint density at radius 2 is 2.33 bits per heavy atom. The number of nitrogens with zero attached hydrogens (tertiary/aromatic N) is 1. The molecule has 1 aliphatic heterocycles. The SMILES string of the molecule is CC1C(=N)NC(=O)N1C. The second-order valence-corrected chi connectivity index (χ2v) is 2.13. The van der Waals surface area contributed by atoms with Crippen LogP contribution < -0.4 is 5.32 Å². The minimum Gasteiger partial charge on any atom is -0.318 e. The Morgan fingerprint density at radius 3 is 2.44 bits per heavy atom. The van der Waals surface area contributed by atoms with Crippen molar-refractivity contribution in [2.75, 3.05) is 7.05 Å². The maximum atomic E-state index is 10.7. The molecule has 0 aromatic carbocycles. The number of rotatable bonds is 0. The Bertz CT molecular complexity index is 148. The van der Waals surface area contributed by atoms with Gasteiger partial charge in [-0.15, -0.1) is 0 Å². The van der Waals surface area contributed by atoms with E-state index in [-0.39, 0.29) is 17.9 Å². The maximum absolute atomic E-state index is 10.7. The number of hydrogen-bond acceptors (Lipinski definition) is 2. The summed E-state index contributed by atoms with van der Waals surface area (Å²) in [6.45, 7) is 1.81. The first-order valence-corrected chi connectivity index (χ1v) is 2.75. The van der Waals surface area contributed by atoms with E-state index in [0.717, 1.165) is 0 Å². The largest absolute Gasteiger partial charge is 0.323 e. The molecule has 1 rings (SSSR count). The second kappa shape index (κ2) is 1.72. The summed E-state index contributed by atoms with van der Waals surface area (Å²) in [7, 11) is 1.67. The number of carbonyl (C=O) groups is 1. The van der Waals surface area contributed by atoms with E-state index in [9.17, 15) is 4.79 Å². The highest BCUT2D eigenvalue weighted by atomic mass is 16.2. The van der Waals surface area contributed by atoms with Crippen molar-refractivity contribution in [3.05, 3.63) is 0 Å². The van der Waals surface area contributed by atoms with Gasteiger partial charge in [-0.1, -0.05) is 0 Å². The summed E-state index contributed by atoms with van der Waals surface area (Å²) < 4.78 is 0. The Kier molecular flexibility index (Phi) is 1.16. The summed E-state index contributed by atoms with van der Waals surface area (Å²) in [5, 5.41) is 9.53. The van der Waals surface area contributed by atoms with Gasteiger partial charge in [-0.3, -0.25) is 10.7 Å². The third-order valence-corrected chi connectivity index (χ3v) is 1.56. The number of carbonyl (C=O) groups excluding carboxylic acids is 1. The third-order valence-electron chi connectivity index (χ3n) is 1.56. The van der Waals surface area contributed by atoms with E-state index in [2.05, 4.69) is 5.32 Å². The molecule has 0 saturated carbocycles. The van der Waals surface area contributed by atoms with Crippen LogP contribution in [-0.2, 0) is 0 Å². The number of amidine groups is 1. The third kappa shape index (κ3) is 0.759. The van der Waals surface area contributed by atoms with Crippen LogP contribution in [0.3, 0.4) is 0 Å². The van der Waals surface area contributed by atoms with Gasteiger partial charge in [0.15, 0.2) is 0 Å². The van der Waals surface area contributed by atoms with Crippen molar-refractivity contribution in [3.8, 4) is 0 Å². The minimum absolute atomic E-state index is 0.0856. The monoisotopic (exact) mass is 127 g/mol. The smallest absolute Gasteiger partial charge is 0.318 e. The molecule has 0 aliphatic carbocycles. The van der Waals surface area contributed by atoms with Crippen LogP contribution >= 0.6 is 0 Å². The van der Waals surface area contributed by atoms with Crippen LogP contribution in [0.15, 0.2) is 0 Å². The number of urea groups is 1. The molecule has 1 saturated heterocycles. The number of likely N-dealkylation sites (N-methyl/N-ethyl adjacent to an activating group) is 1. The van der Waals surface area contributed by atoms with Crippen LogP contribution in [0.1, 0.15) is 6.92 Å². The molecule has 0 aromatic rings. The Labute approximate surface area is 53.3 Å². The van der Waals surface area contributed by atoms with Crippen LogP contribution in [0.25, 0.3) is 0 Å². The average molecular weight is 127 g/mol. The molecule has 0 bridgehead atoms. The molecular weight excluding hydrogens is 118 g/mol. The van der Waals surface area contributed by atoms with Gasteiger partial charge >= 0.3 is 6.03 Å². The molecule has 0 radical (unpaired) electrons. The lowest BCUT2D eigenvalue weighted by molar-refractivity contribution is 0.219. The van der Waals surface area contributed by atoms with Gasteiger partial charge in [0.2, 0.25) is 0 Å². The molecule has 1 heterocycles. The van der Waals surface area contributed by atoms with Crippen LogP contribution in [0.4, 0.5) is 4.79 Å². The van der Waals surface area contributed by atoms with Gasteiger partial charge in [-0.05, 0) is 6.92 Å². The summed E-state index contributed by atoms with van der Waals surface area (Å²) in [4.78, 5) is 12.2. The summed E-state index contributed by atoms with van der Waals surface area (Å²) in [6, 6.07) is -0.273. The Balaban J connectivity index is 2.77. The molecule has 4 heteroatoms. The zero-order chi connectivity index (χ0) is 7.02. The summed E-state index contributed by atoms with van der Waals surface area (Å²) in [5.74, 6) is 0.280. The Hall–Kier alpha value is -1.06. The second-order valence-electron chi connectivity index (χ2n) is 2.13. The molecule has 1 fully saturated rings. The lowest BCUT2D eigenvalue weighted by Gasteiger charge is -2.10. The van der Waals surface area contributed by atoms with E-state index >= 15 is 0 Å². The quantitative estimate of drug-likeness (QED) is 0.473. The van der Waals surface area contributed by atoms with E-state index in [1.165, 1.54) is 4.90 Å².